The van der Waals surface area contributed by atoms with Crippen LogP contribution >= 0.6 is 63.7 Å². The van der Waals surface area contributed by atoms with Gasteiger partial charge in [-0.2, -0.15) is 0 Å². The molecule has 9 nitrogen and oxygen atoms in total. The van der Waals surface area contributed by atoms with Gasteiger partial charge in [0.05, 0.1) is 8.95 Å². The molecule has 2 amide bonds. The predicted octanol–water partition coefficient (Wildman–Crippen LogP) is 7.46. The third-order valence-corrected chi connectivity index (χ3v) is 8.11. The van der Waals surface area contributed by atoms with Crippen LogP contribution in [0.15, 0.2) is 83.2 Å². The molecule has 0 aliphatic carbocycles. The number of rotatable bonds is 8. The first-order valence-electron chi connectivity index (χ1n) is 11.2. The van der Waals surface area contributed by atoms with Crippen molar-refractivity contribution in [2.75, 3.05) is 23.8 Å². The number of carbonyl (C=O) groups excluding carboxylic acids is 2. The van der Waals surface area contributed by atoms with E-state index in [0.717, 1.165) is 39.4 Å². The van der Waals surface area contributed by atoms with Gasteiger partial charge in [-0.3, -0.25) is 9.59 Å². The number of hydrogen-bond donors (Lipinski definition) is 2. The van der Waals surface area contributed by atoms with E-state index in [2.05, 4.69) is 84.7 Å². The number of ether oxygens (including phenoxy) is 2. The molecule has 0 bridgehead atoms. The molecule has 2 N–H and O–H groups in total. The van der Waals surface area contributed by atoms with Gasteiger partial charge in [-0.25, -0.2) is 4.63 Å². The van der Waals surface area contributed by atoms with Crippen LogP contribution in [0.2, 0.25) is 0 Å². The molecular formula is C26H16Br4N4O5. The fraction of sp³-hybridized carbons (Fsp3) is 0.0769. The van der Waals surface area contributed by atoms with Crippen LogP contribution in [0.25, 0.3) is 21.5 Å². The van der Waals surface area contributed by atoms with Crippen LogP contribution in [0.3, 0.4) is 0 Å². The highest BCUT2D eigenvalue weighted by Gasteiger charge is 2.18. The molecule has 0 aliphatic heterocycles. The van der Waals surface area contributed by atoms with Crippen molar-refractivity contribution < 1.29 is 23.7 Å². The lowest BCUT2D eigenvalue weighted by Crippen LogP contribution is -2.24. The highest BCUT2D eigenvalue weighted by molar-refractivity contribution is 9.11. The van der Waals surface area contributed by atoms with Crippen molar-refractivity contribution in [2.24, 2.45) is 0 Å². The zero-order chi connectivity index (χ0) is 27.5. The number of amides is 2. The second kappa shape index (κ2) is 12.0. The average molecular weight is 784 g/mol. The molecule has 1 heterocycles. The zero-order valence-corrected chi connectivity index (χ0v) is 26.0. The maximum absolute atomic E-state index is 12.5. The van der Waals surface area contributed by atoms with Gasteiger partial charge in [0.2, 0.25) is 11.6 Å². The summed E-state index contributed by atoms with van der Waals surface area (Å²) >= 11 is 14.0. The molecular weight excluding hydrogens is 768 g/mol. The summed E-state index contributed by atoms with van der Waals surface area (Å²) in [5, 5.41) is 16.2. The molecule has 0 spiro atoms. The van der Waals surface area contributed by atoms with E-state index in [1.807, 2.05) is 48.5 Å². The minimum atomic E-state index is -0.521. The number of carbonyl (C=O) groups is 2. The summed E-state index contributed by atoms with van der Waals surface area (Å²) in [4.78, 5) is 25.0. The quantitative estimate of drug-likeness (QED) is 0.168. The van der Waals surface area contributed by atoms with Gasteiger partial charge in [-0.1, -0.05) is 56.1 Å². The molecule has 0 saturated heterocycles. The van der Waals surface area contributed by atoms with Crippen LogP contribution in [0.1, 0.15) is 0 Å². The Kier molecular flexibility index (Phi) is 8.50. The van der Waals surface area contributed by atoms with Gasteiger partial charge in [-0.15, -0.1) is 0 Å². The van der Waals surface area contributed by atoms with Crippen molar-refractivity contribution in [2.45, 2.75) is 0 Å². The van der Waals surface area contributed by atoms with Crippen LogP contribution < -0.4 is 20.1 Å². The van der Waals surface area contributed by atoms with Crippen LogP contribution in [-0.4, -0.2) is 35.3 Å². The van der Waals surface area contributed by atoms with Crippen molar-refractivity contribution in [1.82, 2.24) is 10.3 Å². The van der Waals surface area contributed by atoms with Crippen molar-refractivity contribution >= 4 is 109 Å². The smallest absolute Gasteiger partial charge is 0.263 e. The van der Waals surface area contributed by atoms with Gasteiger partial charge in [0, 0.05) is 8.95 Å². The molecule has 0 aliphatic rings. The van der Waals surface area contributed by atoms with E-state index in [0.29, 0.717) is 11.5 Å². The monoisotopic (exact) mass is 780 g/mol. The second-order valence-corrected chi connectivity index (χ2v) is 11.5. The Bertz CT molecular complexity index is 1600. The third kappa shape index (κ3) is 6.43. The van der Waals surface area contributed by atoms with Gasteiger partial charge in [0.1, 0.15) is 11.5 Å². The Labute approximate surface area is 255 Å². The van der Waals surface area contributed by atoms with Gasteiger partial charge in [-0.05, 0) is 100 Å². The largest absolute Gasteiger partial charge is 0.483 e. The lowest BCUT2D eigenvalue weighted by molar-refractivity contribution is -0.119. The van der Waals surface area contributed by atoms with Gasteiger partial charge >= 0.3 is 0 Å². The summed E-state index contributed by atoms with van der Waals surface area (Å²) in [6.45, 7) is -0.618. The Hall–Kier alpha value is -3.00. The zero-order valence-electron chi connectivity index (χ0n) is 19.6. The minimum absolute atomic E-state index is 0.0585. The van der Waals surface area contributed by atoms with E-state index in [1.165, 1.54) is 0 Å². The summed E-state index contributed by atoms with van der Waals surface area (Å²) in [6, 6.07) is 19.0. The van der Waals surface area contributed by atoms with Crippen LogP contribution in [0.4, 0.5) is 11.6 Å². The van der Waals surface area contributed by atoms with Crippen LogP contribution in [0.5, 0.6) is 11.5 Å². The molecule has 0 radical (unpaired) electrons. The molecule has 0 fully saturated rings. The number of aromatic nitrogens is 2. The summed E-state index contributed by atoms with van der Waals surface area (Å²) in [7, 11) is 0. The Morgan fingerprint density at radius 2 is 1.10 bits per heavy atom. The number of nitrogens with one attached hydrogen (secondary N) is 2. The summed E-state index contributed by atoms with van der Waals surface area (Å²) in [5.41, 5.74) is 0. The topological polar surface area (TPSA) is 116 Å². The van der Waals surface area contributed by atoms with Crippen molar-refractivity contribution in [1.29, 1.82) is 0 Å². The number of halogens is 4. The Morgan fingerprint density at radius 3 is 1.54 bits per heavy atom. The maximum Gasteiger partial charge on any atom is 0.263 e. The predicted molar refractivity (Wildman–Crippen MR) is 161 cm³/mol. The second-order valence-electron chi connectivity index (χ2n) is 8.12. The molecule has 198 valence electrons. The molecule has 0 saturated carbocycles. The number of anilines is 2. The lowest BCUT2D eigenvalue weighted by atomic mass is 10.1. The average Bonchev–Trinajstić information content (AvgIpc) is 3.33. The van der Waals surface area contributed by atoms with Gasteiger partial charge in [0.25, 0.3) is 11.8 Å². The standard InChI is InChI=1S/C26H16Br4N4O5/c27-15-3-5-17-13(9-15)1-7-19(23(17)29)37-11-21(35)31-25-26(34-39-33-25)32-22(36)12-38-20-8-2-14-10-16(28)4-6-18(14)24(20)30/h1-10H,11-12H2,(H,31,33,35)(H,32,34,36). The molecule has 5 aromatic rings. The third-order valence-electron chi connectivity index (χ3n) is 5.48. The van der Waals surface area contributed by atoms with Crippen molar-refractivity contribution in [3.63, 3.8) is 0 Å². The van der Waals surface area contributed by atoms with E-state index in [1.54, 1.807) is 12.1 Å². The number of fused-ring (bicyclic) bond motifs is 2. The maximum atomic E-state index is 12.5. The fourth-order valence-electron chi connectivity index (χ4n) is 3.68. The molecule has 5 rings (SSSR count). The molecule has 39 heavy (non-hydrogen) atoms. The Balaban J connectivity index is 1.17. The first-order chi connectivity index (χ1) is 18.8. The van der Waals surface area contributed by atoms with Gasteiger partial charge in [0.15, 0.2) is 13.2 Å². The van der Waals surface area contributed by atoms with E-state index in [-0.39, 0.29) is 24.8 Å². The summed E-state index contributed by atoms with van der Waals surface area (Å²) < 4.78 is 19.4. The number of hydrogen-bond acceptors (Lipinski definition) is 7. The molecule has 4 aromatic carbocycles. The minimum Gasteiger partial charge on any atom is -0.483 e. The fourth-order valence-corrected chi connectivity index (χ4v) is 5.66. The van der Waals surface area contributed by atoms with E-state index < -0.39 is 11.8 Å². The number of benzene rings is 4. The van der Waals surface area contributed by atoms with Crippen molar-refractivity contribution in [3.8, 4) is 11.5 Å². The summed E-state index contributed by atoms with van der Waals surface area (Å²) in [6.07, 6.45) is 0. The highest BCUT2D eigenvalue weighted by atomic mass is 79.9. The number of nitrogens with zero attached hydrogens (tertiary/aromatic N) is 2. The van der Waals surface area contributed by atoms with Crippen LogP contribution in [-0.2, 0) is 9.59 Å². The molecule has 13 heteroatoms. The van der Waals surface area contributed by atoms with E-state index >= 15 is 0 Å². The van der Waals surface area contributed by atoms with Gasteiger partial charge < -0.3 is 20.1 Å². The SMILES string of the molecule is O=C(COc1ccc2cc(Br)ccc2c1Br)Nc1nonc1NC(=O)COc1ccc2cc(Br)ccc2c1Br. The summed E-state index contributed by atoms with van der Waals surface area (Å²) in [5.74, 6) is -0.166. The molecule has 0 atom stereocenters. The normalized spacial score (nSPS) is 11.0. The Morgan fingerprint density at radius 1 is 0.667 bits per heavy atom. The van der Waals surface area contributed by atoms with E-state index in [4.69, 9.17) is 14.1 Å². The first kappa shape index (κ1) is 27.6. The lowest BCUT2D eigenvalue weighted by Gasteiger charge is -2.11. The van der Waals surface area contributed by atoms with Crippen molar-refractivity contribution in [3.05, 3.63) is 78.6 Å². The van der Waals surface area contributed by atoms with E-state index in [9.17, 15) is 9.59 Å². The highest BCUT2D eigenvalue weighted by Crippen LogP contribution is 2.35. The van der Waals surface area contributed by atoms with Crippen LogP contribution in [0, 0.1) is 0 Å². The molecule has 1 aromatic heterocycles. The first-order valence-corrected chi connectivity index (χ1v) is 14.4. The molecule has 0 unspecified atom stereocenters.